The van der Waals surface area contributed by atoms with Gasteiger partial charge in [0, 0.05) is 16.3 Å². The Kier molecular flexibility index (Phi) is 5.60. The van der Waals surface area contributed by atoms with Crippen LogP contribution in [0.2, 0.25) is 5.02 Å². The monoisotopic (exact) mass is 331 g/mol. The molecule has 1 amide bonds. The molecule has 2 aromatic rings. The fraction of sp³-hybridized carbons (Fsp3) is 0.176. The van der Waals surface area contributed by atoms with E-state index in [-0.39, 0.29) is 18.3 Å². The largest absolute Gasteiger partial charge is 0.384 e. The number of oxime groups is 1. The van der Waals surface area contributed by atoms with Crippen molar-refractivity contribution >= 4 is 29.0 Å². The van der Waals surface area contributed by atoms with Gasteiger partial charge in [0.1, 0.15) is 0 Å². The van der Waals surface area contributed by atoms with E-state index >= 15 is 0 Å². The first kappa shape index (κ1) is 16.8. The van der Waals surface area contributed by atoms with Gasteiger partial charge >= 0.3 is 0 Å². The summed E-state index contributed by atoms with van der Waals surface area (Å²) in [6.45, 7) is 3.77. The molecular weight excluding hydrogens is 314 g/mol. The van der Waals surface area contributed by atoms with Crippen molar-refractivity contribution in [1.29, 1.82) is 0 Å². The maximum atomic E-state index is 11.8. The molecule has 0 saturated carbocycles. The van der Waals surface area contributed by atoms with Crippen LogP contribution >= 0.6 is 11.6 Å². The third-order valence-electron chi connectivity index (χ3n) is 3.27. The minimum atomic E-state index is -0.309. The SMILES string of the molecule is Cc1ccc(NC(=O)CO/N=C(\N)c2cccc(Cl)c2)cc1C. The molecule has 23 heavy (non-hydrogen) atoms. The number of carbonyl (C=O) groups is 1. The molecule has 3 N–H and O–H groups in total. The van der Waals surface area contributed by atoms with Crippen LogP contribution in [0.25, 0.3) is 0 Å². The third-order valence-corrected chi connectivity index (χ3v) is 3.50. The van der Waals surface area contributed by atoms with Crippen molar-refractivity contribution in [3.63, 3.8) is 0 Å². The molecule has 0 atom stereocenters. The molecule has 0 aliphatic rings. The van der Waals surface area contributed by atoms with Gasteiger partial charge in [0.25, 0.3) is 5.91 Å². The first-order chi connectivity index (χ1) is 11.0. The highest BCUT2D eigenvalue weighted by atomic mass is 35.5. The number of anilines is 1. The number of rotatable bonds is 5. The fourth-order valence-electron chi connectivity index (χ4n) is 1.88. The summed E-state index contributed by atoms with van der Waals surface area (Å²) in [6, 6.07) is 12.6. The number of carbonyl (C=O) groups excluding carboxylic acids is 1. The molecule has 5 nitrogen and oxygen atoms in total. The Balaban J connectivity index is 1.89. The smallest absolute Gasteiger partial charge is 0.265 e. The predicted octanol–water partition coefficient (Wildman–Crippen LogP) is 3.23. The Bertz CT molecular complexity index is 744. The average Bonchev–Trinajstić information content (AvgIpc) is 2.51. The van der Waals surface area contributed by atoms with Gasteiger partial charge in [-0.2, -0.15) is 0 Å². The second-order valence-corrected chi connectivity index (χ2v) is 5.54. The van der Waals surface area contributed by atoms with Crippen molar-refractivity contribution in [3.8, 4) is 0 Å². The van der Waals surface area contributed by atoms with Gasteiger partial charge in [-0.3, -0.25) is 4.79 Å². The molecule has 0 aromatic heterocycles. The standard InChI is InChI=1S/C17H18ClN3O2/c1-11-6-7-15(8-12(11)2)20-16(22)10-23-21-17(19)13-4-3-5-14(18)9-13/h3-9H,10H2,1-2H3,(H2,19,21)(H,20,22). The van der Waals surface area contributed by atoms with Crippen LogP contribution in [0.5, 0.6) is 0 Å². The molecule has 0 saturated heterocycles. The minimum Gasteiger partial charge on any atom is -0.384 e. The van der Waals surface area contributed by atoms with Crippen LogP contribution in [-0.4, -0.2) is 18.3 Å². The van der Waals surface area contributed by atoms with Gasteiger partial charge in [-0.15, -0.1) is 0 Å². The van der Waals surface area contributed by atoms with Crippen molar-refractivity contribution in [3.05, 3.63) is 64.2 Å². The Morgan fingerprint density at radius 2 is 2.00 bits per heavy atom. The molecule has 0 bridgehead atoms. The van der Waals surface area contributed by atoms with E-state index in [4.69, 9.17) is 22.2 Å². The zero-order valence-corrected chi connectivity index (χ0v) is 13.7. The lowest BCUT2D eigenvalue weighted by Gasteiger charge is -2.07. The molecule has 6 heteroatoms. The van der Waals surface area contributed by atoms with Crippen LogP contribution in [0.3, 0.4) is 0 Å². The van der Waals surface area contributed by atoms with Crippen LogP contribution in [0.1, 0.15) is 16.7 Å². The number of nitrogens with one attached hydrogen (secondary N) is 1. The van der Waals surface area contributed by atoms with Crippen LogP contribution in [0.4, 0.5) is 5.69 Å². The topological polar surface area (TPSA) is 76.7 Å². The highest BCUT2D eigenvalue weighted by Gasteiger charge is 2.05. The zero-order chi connectivity index (χ0) is 16.8. The number of benzene rings is 2. The van der Waals surface area contributed by atoms with E-state index in [1.54, 1.807) is 24.3 Å². The van der Waals surface area contributed by atoms with Crippen LogP contribution in [0, 0.1) is 13.8 Å². The summed E-state index contributed by atoms with van der Waals surface area (Å²) >= 11 is 5.87. The Labute approximate surface area is 140 Å². The van der Waals surface area contributed by atoms with E-state index in [1.807, 2.05) is 32.0 Å². The van der Waals surface area contributed by atoms with E-state index in [2.05, 4.69) is 10.5 Å². The Morgan fingerprint density at radius 3 is 2.70 bits per heavy atom. The van der Waals surface area contributed by atoms with Crippen LogP contribution in [0.15, 0.2) is 47.6 Å². The molecule has 0 aliphatic heterocycles. The average molecular weight is 332 g/mol. The molecule has 2 rings (SSSR count). The highest BCUT2D eigenvalue weighted by Crippen LogP contribution is 2.14. The number of hydrogen-bond donors (Lipinski definition) is 2. The van der Waals surface area contributed by atoms with Gasteiger partial charge in [-0.05, 0) is 49.2 Å². The van der Waals surface area contributed by atoms with Crippen molar-refractivity contribution in [2.24, 2.45) is 10.9 Å². The maximum Gasteiger partial charge on any atom is 0.265 e. The first-order valence-electron chi connectivity index (χ1n) is 7.04. The zero-order valence-electron chi connectivity index (χ0n) is 13.0. The lowest BCUT2D eigenvalue weighted by Crippen LogP contribution is -2.19. The number of halogens is 1. The number of nitrogens with two attached hydrogens (primary N) is 1. The van der Waals surface area contributed by atoms with Crippen molar-refractivity contribution < 1.29 is 9.63 Å². The first-order valence-corrected chi connectivity index (χ1v) is 7.42. The molecule has 0 aliphatic carbocycles. The maximum absolute atomic E-state index is 11.8. The molecular formula is C17H18ClN3O2. The van der Waals surface area contributed by atoms with Crippen LogP contribution < -0.4 is 11.1 Å². The Morgan fingerprint density at radius 1 is 1.22 bits per heavy atom. The van der Waals surface area contributed by atoms with E-state index in [1.165, 1.54) is 0 Å². The number of amidine groups is 1. The molecule has 120 valence electrons. The summed E-state index contributed by atoms with van der Waals surface area (Å²) < 4.78 is 0. The summed E-state index contributed by atoms with van der Waals surface area (Å²) in [6.07, 6.45) is 0. The van der Waals surface area contributed by atoms with Gasteiger partial charge in [-0.25, -0.2) is 0 Å². The van der Waals surface area contributed by atoms with E-state index in [0.717, 1.165) is 11.1 Å². The number of amides is 1. The fourth-order valence-corrected chi connectivity index (χ4v) is 2.07. The van der Waals surface area contributed by atoms with Gasteiger partial charge in [-0.1, -0.05) is 35.0 Å². The molecule has 0 spiro atoms. The summed E-state index contributed by atoms with van der Waals surface area (Å²) in [7, 11) is 0. The summed E-state index contributed by atoms with van der Waals surface area (Å²) in [5.41, 5.74) is 9.39. The second kappa shape index (κ2) is 7.65. The number of nitrogens with zero attached hydrogens (tertiary/aromatic N) is 1. The molecule has 0 heterocycles. The molecule has 0 radical (unpaired) electrons. The predicted molar refractivity (Wildman–Crippen MR) is 92.7 cm³/mol. The van der Waals surface area contributed by atoms with Crippen LogP contribution in [-0.2, 0) is 9.63 Å². The van der Waals surface area contributed by atoms with E-state index in [9.17, 15) is 4.79 Å². The van der Waals surface area contributed by atoms with Gasteiger partial charge in [0.05, 0.1) is 0 Å². The van der Waals surface area contributed by atoms with E-state index in [0.29, 0.717) is 16.3 Å². The second-order valence-electron chi connectivity index (χ2n) is 5.11. The molecule has 0 unspecified atom stereocenters. The van der Waals surface area contributed by atoms with Crippen molar-refractivity contribution in [1.82, 2.24) is 0 Å². The number of hydrogen-bond acceptors (Lipinski definition) is 3. The van der Waals surface area contributed by atoms with Gasteiger partial charge in [0.2, 0.25) is 0 Å². The number of aryl methyl sites for hydroxylation is 2. The lowest BCUT2D eigenvalue weighted by molar-refractivity contribution is -0.120. The summed E-state index contributed by atoms with van der Waals surface area (Å²) in [4.78, 5) is 16.8. The highest BCUT2D eigenvalue weighted by molar-refractivity contribution is 6.31. The third kappa shape index (κ3) is 5.00. The normalized spacial score (nSPS) is 11.2. The van der Waals surface area contributed by atoms with E-state index < -0.39 is 0 Å². The van der Waals surface area contributed by atoms with Crippen molar-refractivity contribution in [2.75, 3.05) is 11.9 Å². The summed E-state index contributed by atoms with van der Waals surface area (Å²) in [5, 5.41) is 7.01. The Hall–Kier alpha value is -2.53. The molecule has 2 aromatic carbocycles. The quantitative estimate of drug-likeness (QED) is 0.501. The minimum absolute atomic E-state index is 0.159. The van der Waals surface area contributed by atoms with Crippen molar-refractivity contribution in [2.45, 2.75) is 13.8 Å². The lowest BCUT2D eigenvalue weighted by atomic mass is 10.1. The van der Waals surface area contributed by atoms with Gasteiger partial charge < -0.3 is 15.9 Å². The van der Waals surface area contributed by atoms with Gasteiger partial charge in [0.15, 0.2) is 12.4 Å². The molecule has 0 fully saturated rings. The summed E-state index contributed by atoms with van der Waals surface area (Å²) in [5.74, 6) is -0.151.